The number of nitrogen functional groups attached to an aromatic ring is 1. The molecule has 3 heterocycles. The van der Waals surface area contributed by atoms with Gasteiger partial charge >= 0.3 is 0 Å². The highest BCUT2D eigenvalue weighted by molar-refractivity contribution is 5.82. The standard InChI is InChI=1S/C21H28N6O3/c1-3-23-20(28)14-6-7-16(30-14)27-12-24-17-18(22)25-15(26-19(17)27)8-10-21(29)9-4-5-13(2)11-21/h12-14,16,29H,3-7,9,11H2,1-2H3,(H,23,28)(H2,22,25,26)/t13?,14-,16+,21?/m0/s1. The van der Waals surface area contributed by atoms with Gasteiger partial charge in [0.05, 0.1) is 6.33 Å². The number of aliphatic hydroxyl groups is 1. The third-order valence-electron chi connectivity index (χ3n) is 5.78. The monoisotopic (exact) mass is 412 g/mol. The molecule has 2 aliphatic rings. The molecule has 0 aromatic carbocycles. The summed E-state index contributed by atoms with van der Waals surface area (Å²) in [5.74, 6) is 6.67. The average Bonchev–Trinajstić information content (AvgIpc) is 3.34. The molecule has 1 amide bonds. The third-order valence-corrected chi connectivity index (χ3v) is 5.78. The van der Waals surface area contributed by atoms with E-state index in [2.05, 4.69) is 39.0 Å². The largest absolute Gasteiger partial charge is 0.382 e. The number of aromatic nitrogens is 4. The lowest BCUT2D eigenvalue weighted by atomic mass is 9.79. The lowest BCUT2D eigenvalue weighted by Gasteiger charge is -2.30. The molecular formula is C21H28N6O3. The lowest BCUT2D eigenvalue weighted by Crippen LogP contribution is -2.34. The second kappa shape index (κ2) is 8.20. The summed E-state index contributed by atoms with van der Waals surface area (Å²) in [5.41, 5.74) is 6.05. The van der Waals surface area contributed by atoms with Crippen molar-refractivity contribution >= 4 is 22.9 Å². The van der Waals surface area contributed by atoms with Crippen LogP contribution in [0.3, 0.4) is 0 Å². The maximum absolute atomic E-state index is 12.1. The summed E-state index contributed by atoms with van der Waals surface area (Å²) in [7, 11) is 0. The van der Waals surface area contributed by atoms with Crippen molar-refractivity contribution in [1.29, 1.82) is 0 Å². The molecule has 160 valence electrons. The molecule has 1 saturated heterocycles. The SMILES string of the molecule is CCNC(=O)[C@@H]1CC[C@H](n2cnc3c(N)nc(C#CC4(O)CCCC(C)C4)nc32)O1. The van der Waals surface area contributed by atoms with E-state index in [1.165, 1.54) is 0 Å². The van der Waals surface area contributed by atoms with E-state index in [4.69, 9.17) is 10.5 Å². The number of hydrogen-bond acceptors (Lipinski definition) is 7. The van der Waals surface area contributed by atoms with E-state index in [1.54, 1.807) is 10.9 Å². The number of nitrogens with two attached hydrogens (primary N) is 1. The number of hydrogen-bond donors (Lipinski definition) is 3. The van der Waals surface area contributed by atoms with Crippen LogP contribution in [0.25, 0.3) is 11.2 Å². The highest BCUT2D eigenvalue weighted by Crippen LogP contribution is 2.32. The van der Waals surface area contributed by atoms with Gasteiger partial charge in [0.1, 0.15) is 23.4 Å². The normalized spacial score (nSPS) is 28.8. The number of nitrogens with zero attached hydrogens (tertiary/aromatic N) is 4. The summed E-state index contributed by atoms with van der Waals surface area (Å²) < 4.78 is 7.70. The number of anilines is 1. The van der Waals surface area contributed by atoms with Crippen molar-refractivity contribution in [2.45, 2.75) is 70.3 Å². The Kier molecular flexibility index (Phi) is 5.62. The predicted octanol–water partition coefficient (Wildman–Crippen LogP) is 1.51. The Bertz CT molecular complexity index is 1010. The van der Waals surface area contributed by atoms with Gasteiger partial charge in [-0.3, -0.25) is 9.36 Å². The topological polar surface area (TPSA) is 128 Å². The number of carbonyl (C=O) groups excluding carboxylic acids is 1. The molecule has 4 N–H and O–H groups in total. The molecule has 9 heteroatoms. The Morgan fingerprint density at radius 1 is 1.43 bits per heavy atom. The zero-order chi connectivity index (χ0) is 21.3. The minimum Gasteiger partial charge on any atom is -0.382 e. The fourth-order valence-corrected chi connectivity index (χ4v) is 4.32. The van der Waals surface area contributed by atoms with Crippen LogP contribution in [-0.2, 0) is 9.53 Å². The van der Waals surface area contributed by atoms with Crippen molar-refractivity contribution in [2.24, 2.45) is 5.92 Å². The fraction of sp³-hybridized carbons (Fsp3) is 0.619. The molecule has 4 rings (SSSR count). The number of carbonyl (C=O) groups is 1. The number of fused-ring (bicyclic) bond motifs is 1. The summed E-state index contributed by atoms with van der Waals surface area (Å²) in [6, 6.07) is 0. The van der Waals surface area contributed by atoms with Gasteiger partial charge in [-0.05, 0) is 50.9 Å². The van der Waals surface area contributed by atoms with Gasteiger partial charge < -0.3 is 20.9 Å². The number of nitrogens with one attached hydrogen (secondary N) is 1. The van der Waals surface area contributed by atoms with Crippen LogP contribution in [0.15, 0.2) is 6.33 Å². The molecule has 30 heavy (non-hydrogen) atoms. The molecule has 1 saturated carbocycles. The van der Waals surface area contributed by atoms with Crippen LogP contribution < -0.4 is 11.1 Å². The number of ether oxygens (including phenoxy) is 1. The van der Waals surface area contributed by atoms with Gasteiger partial charge in [0.15, 0.2) is 11.5 Å². The quantitative estimate of drug-likeness (QED) is 0.652. The van der Waals surface area contributed by atoms with E-state index in [-0.39, 0.29) is 23.8 Å². The van der Waals surface area contributed by atoms with Crippen molar-refractivity contribution < 1.29 is 14.6 Å². The average molecular weight is 412 g/mol. The molecular weight excluding hydrogens is 384 g/mol. The molecule has 2 aromatic heterocycles. The third kappa shape index (κ3) is 4.11. The van der Waals surface area contributed by atoms with E-state index >= 15 is 0 Å². The zero-order valence-corrected chi connectivity index (χ0v) is 17.4. The first kappa shape index (κ1) is 20.6. The number of amides is 1. The Labute approximate surface area is 175 Å². The second-order valence-corrected chi connectivity index (χ2v) is 8.29. The molecule has 0 spiro atoms. The summed E-state index contributed by atoms with van der Waals surface area (Å²) in [6.45, 7) is 4.56. The molecule has 1 aliphatic heterocycles. The Morgan fingerprint density at radius 2 is 2.27 bits per heavy atom. The van der Waals surface area contributed by atoms with Crippen molar-refractivity contribution in [3.05, 3.63) is 12.2 Å². The fourth-order valence-electron chi connectivity index (χ4n) is 4.32. The summed E-state index contributed by atoms with van der Waals surface area (Å²) in [5, 5.41) is 13.5. The van der Waals surface area contributed by atoms with Crippen molar-refractivity contribution in [1.82, 2.24) is 24.8 Å². The first-order chi connectivity index (χ1) is 14.4. The first-order valence-corrected chi connectivity index (χ1v) is 10.6. The molecule has 4 atom stereocenters. The highest BCUT2D eigenvalue weighted by Gasteiger charge is 2.33. The Morgan fingerprint density at radius 3 is 3.03 bits per heavy atom. The minimum absolute atomic E-state index is 0.111. The van der Waals surface area contributed by atoms with Crippen LogP contribution in [-0.4, -0.2) is 48.8 Å². The maximum atomic E-state index is 12.1. The zero-order valence-electron chi connectivity index (χ0n) is 17.4. The van der Waals surface area contributed by atoms with Crippen molar-refractivity contribution in [3.8, 4) is 11.8 Å². The van der Waals surface area contributed by atoms with Crippen molar-refractivity contribution in [2.75, 3.05) is 12.3 Å². The van der Waals surface area contributed by atoms with E-state index in [9.17, 15) is 9.90 Å². The lowest BCUT2D eigenvalue weighted by molar-refractivity contribution is -0.133. The molecule has 2 unspecified atom stereocenters. The second-order valence-electron chi connectivity index (χ2n) is 8.29. The van der Waals surface area contributed by atoms with Crippen molar-refractivity contribution in [3.63, 3.8) is 0 Å². The van der Waals surface area contributed by atoms with Gasteiger partial charge in [0, 0.05) is 6.54 Å². The minimum atomic E-state index is -1.01. The van der Waals surface area contributed by atoms with Crippen LogP contribution in [0.1, 0.15) is 64.4 Å². The van der Waals surface area contributed by atoms with Gasteiger partial charge in [-0.25, -0.2) is 15.0 Å². The summed E-state index contributed by atoms with van der Waals surface area (Å²) in [4.78, 5) is 25.2. The smallest absolute Gasteiger partial charge is 0.249 e. The number of imidazole rings is 1. The van der Waals surface area contributed by atoms with E-state index < -0.39 is 11.7 Å². The van der Waals surface area contributed by atoms with Gasteiger partial charge in [-0.2, -0.15) is 0 Å². The molecule has 2 aromatic rings. The first-order valence-electron chi connectivity index (χ1n) is 10.6. The van der Waals surface area contributed by atoms with Crippen LogP contribution in [0, 0.1) is 17.8 Å². The molecule has 2 fully saturated rings. The Balaban J connectivity index is 1.60. The van der Waals surface area contributed by atoms with E-state index in [1.807, 2.05) is 6.92 Å². The summed E-state index contributed by atoms with van der Waals surface area (Å²) >= 11 is 0. The molecule has 1 aliphatic carbocycles. The number of likely N-dealkylation sites (N-methyl/N-ethyl adjacent to an activating group) is 1. The van der Waals surface area contributed by atoms with Crippen LogP contribution >= 0.6 is 0 Å². The van der Waals surface area contributed by atoms with Crippen LogP contribution in [0.5, 0.6) is 0 Å². The van der Waals surface area contributed by atoms with Crippen LogP contribution in [0.4, 0.5) is 5.82 Å². The van der Waals surface area contributed by atoms with E-state index in [0.717, 1.165) is 12.8 Å². The van der Waals surface area contributed by atoms with E-state index in [0.29, 0.717) is 49.3 Å². The summed E-state index contributed by atoms with van der Waals surface area (Å²) in [6.07, 6.45) is 5.39. The van der Waals surface area contributed by atoms with Gasteiger partial charge in [-0.15, -0.1) is 0 Å². The van der Waals surface area contributed by atoms with Crippen LogP contribution in [0.2, 0.25) is 0 Å². The van der Waals surface area contributed by atoms with Gasteiger partial charge in [-0.1, -0.05) is 19.3 Å². The Hall–Kier alpha value is -2.70. The molecule has 9 nitrogen and oxygen atoms in total. The highest BCUT2D eigenvalue weighted by atomic mass is 16.5. The predicted molar refractivity (Wildman–Crippen MR) is 111 cm³/mol. The number of rotatable bonds is 3. The van der Waals surface area contributed by atoms with Gasteiger partial charge in [0.25, 0.3) is 0 Å². The molecule has 0 radical (unpaired) electrons. The maximum Gasteiger partial charge on any atom is 0.249 e. The van der Waals surface area contributed by atoms with Gasteiger partial charge in [0.2, 0.25) is 11.7 Å². The molecule has 0 bridgehead atoms.